The SMILES string of the molecule is CCCN(CCN(C)C)c1nc(C)nc(N)c1C. The number of nitrogen functional groups attached to an aromatic ring is 1. The molecule has 0 spiro atoms. The predicted octanol–water partition coefficient (Wildman–Crippen LogP) is 1.45. The molecule has 5 nitrogen and oxygen atoms in total. The fourth-order valence-electron chi connectivity index (χ4n) is 1.86. The Morgan fingerprint density at radius 1 is 1.06 bits per heavy atom. The van der Waals surface area contributed by atoms with Crippen molar-refractivity contribution in [3.8, 4) is 0 Å². The second-order valence-electron chi connectivity index (χ2n) is 4.89. The van der Waals surface area contributed by atoms with Crippen LogP contribution in [0.3, 0.4) is 0 Å². The standard InChI is InChI=1S/C13H25N5/c1-6-7-18(9-8-17(4)5)13-10(2)12(14)15-11(3)16-13/h6-9H2,1-5H3,(H2,14,15,16). The van der Waals surface area contributed by atoms with Crippen molar-refractivity contribution >= 4 is 11.6 Å². The lowest BCUT2D eigenvalue weighted by Crippen LogP contribution is -2.33. The van der Waals surface area contributed by atoms with Gasteiger partial charge in [-0.15, -0.1) is 0 Å². The molecule has 1 heterocycles. The van der Waals surface area contributed by atoms with Gasteiger partial charge in [-0.3, -0.25) is 0 Å². The Morgan fingerprint density at radius 2 is 1.72 bits per heavy atom. The Labute approximate surface area is 110 Å². The number of hydrogen-bond acceptors (Lipinski definition) is 5. The molecule has 1 rings (SSSR count). The van der Waals surface area contributed by atoms with Gasteiger partial charge in [0.1, 0.15) is 17.5 Å². The highest BCUT2D eigenvalue weighted by Gasteiger charge is 2.13. The van der Waals surface area contributed by atoms with Crippen LogP contribution in [-0.2, 0) is 0 Å². The Kier molecular flexibility index (Phi) is 5.34. The zero-order valence-electron chi connectivity index (χ0n) is 12.2. The Hall–Kier alpha value is -1.36. The van der Waals surface area contributed by atoms with Crippen molar-refractivity contribution < 1.29 is 0 Å². The summed E-state index contributed by atoms with van der Waals surface area (Å²) >= 11 is 0. The first-order valence-corrected chi connectivity index (χ1v) is 6.46. The molecule has 0 radical (unpaired) electrons. The highest BCUT2D eigenvalue weighted by Crippen LogP contribution is 2.21. The van der Waals surface area contributed by atoms with E-state index >= 15 is 0 Å². The van der Waals surface area contributed by atoms with E-state index in [0.29, 0.717) is 5.82 Å². The molecule has 0 saturated carbocycles. The molecule has 0 saturated heterocycles. The van der Waals surface area contributed by atoms with Gasteiger partial charge in [-0.1, -0.05) is 6.92 Å². The molecular formula is C13H25N5. The molecule has 0 aliphatic heterocycles. The summed E-state index contributed by atoms with van der Waals surface area (Å²) in [5.74, 6) is 2.30. The molecule has 0 aromatic carbocycles. The van der Waals surface area contributed by atoms with Gasteiger partial charge in [-0.05, 0) is 34.4 Å². The van der Waals surface area contributed by atoms with Gasteiger partial charge in [-0.25, -0.2) is 9.97 Å². The highest BCUT2D eigenvalue weighted by atomic mass is 15.2. The third-order valence-corrected chi connectivity index (χ3v) is 2.88. The summed E-state index contributed by atoms with van der Waals surface area (Å²) < 4.78 is 0. The average Bonchev–Trinajstić information content (AvgIpc) is 2.29. The zero-order valence-corrected chi connectivity index (χ0v) is 12.2. The first-order valence-electron chi connectivity index (χ1n) is 6.46. The van der Waals surface area contributed by atoms with E-state index in [-0.39, 0.29) is 0 Å². The fraction of sp³-hybridized carbons (Fsp3) is 0.692. The minimum absolute atomic E-state index is 0.587. The topological polar surface area (TPSA) is 58.3 Å². The largest absolute Gasteiger partial charge is 0.383 e. The van der Waals surface area contributed by atoms with Crippen LogP contribution in [0.4, 0.5) is 11.6 Å². The number of nitrogens with zero attached hydrogens (tertiary/aromatic N) is 4. The van der Waals surface area contributed by atoms with E-state index in [1.807, 2.05) is 13.8 Å². The number of nitrogens with two attached hydrogens (primary N) is 1. The summed E-state index contributed by atoms with van der Waals surface area (Å²) in [7, 11) is 4.16. The van der Waals surface area contributed by atoms with Gasteiger partial charge in [0.15, 0.2) is 0 Å². The fourth-order valence-corrected chi connectivity index (χ4v) is 1.86. The monoisotopic (exact) mass is 251 g/mol. The van der Waals surface area contributed by atoms with Crippen molar-refractivity contribution in [3.05, 3.63) is 11.4 Å². The van der Waals surface area contributed by atoms with E-state index < -0.39 is 0 Å². The van der Waals surface area contributed by atoms with Crippen LogP contribution in [-0.4, -0.2) is 48.6 Å². The maximum absolute atomic E-state index is 5.92. The second-order valence-corrected chi connectivity index (χ2v) is 4.89. The van der Waals surface area contributed by atoms with Crippen molar-refractivity contribution in [2.75, 3.05) is 44.4 Å². The van der Waals surface area contributed by atoms with Crippen molar-refractivity contribution in [1.82, 2.24) is 14.9 Å². The Morgan fingerprint density at radius 3 is 2.28 bits per heavy atom. The van der Waals surface area contributed by atoms with Crippen LogP contribution in [0.2, 0.25) is 0 Å². The predicted molar refractivity (Wildman–Crippen MR) is 77.0 cm³/mol. The summed E-state index contributed by atoms with van der Waals surface area (Å²) in [5, 5.41) is 0. The van der Waals surface area contributed by atoms with Crippen molar-refractivity contribution in [2.24, 2.45) is 0 Å². The molecule has 0 unspecified atom stereocenters. The second kappa shape index (κ2) is 6.54. The summed E-state index contributed by atoms with van der Waals surface area (Å²) in [4.78, 5) is 13.2. The van der Waals surface area contributed by atoms with Crippen LogP contribution in [0.5, 0.6) is 0 Å². The molecule has 0 aliphatic carbocycles. The number of hydrogen-bond donors (Lipinski definition) is 1. The highest BCUT2D eigenvalue weighted by molar-refractivity contribution is 5.56. The van der Waals surface area contributed by atoms with Gasteiger partial charge < -0.3 is 15.5 Å². The van der Waals surface area contributed by atoms with Gasteiger partial charge in [0, 0.05) is 25.2 Å². The van der Waals surface area contributed by atoms with Crippen molar-refractivity contribution in [2.45, 2.75) is 27.2 Å². The van der Waals surface area contributed by atoms with Crippen LogP contribution in [0.1, 0.15) is 24.7 Å². The average molecular weight is 251 g/mol. The van der Waals surface area contributed by atoms with Gasteiger partial charge in [0.2, 0.25) is 0 Å². The molecular weight excluding hydrogens is 226 g/mol. The maximum atomic E-state index is 5.92. The molecule has 0 atom stereocenters. The van der Waals surface area contributed by atoms with E-state index in [2.05, 4.69) is 40.8 Å². The summed E-state index contributed by atoms with van der Waals surface area (Å²) in [6, 6.07) is 0. The lowest BCUT2D eigenvalue weighted by molar-refractivity contribution is 0.412. The molecule has 1 aromatic heterocycles. The van der Waals surface area contributed by atoms with E-state index in [1.165, 1.54) is 0 Å². The number of anilines is 2. The number of likely N-dealkylation sites (N-methyl/N-ethyl adjacent to an activating group) is 1. The minimum atomic E-state index is 0.587. The van der Waals surface area contributed by atoms with Crippen LogP contribution in [0, 0.1) is 13.8 Å². The quantitative estimate of drug-likeness (QED) is 0.829. The number of aromatic nitrogens is 2. The smallest absolute Gasteiger partial charge is 0.137 e. The van der Waals surface area contributed by atoms with E-state index in [0.717, 1.165) is 43.3 Å². The summed E-state index contributed by atoms with van der Waals surface area (Å²) in [6.07, 6.45) is 1.09. The molecule has 1 aromatic rings. The first kappa shape index (κ1) is 14.7. The molecule has 0 amide bonds. The van der Waals surface area contributed by atoms with Crippen LogP contribution >= 0.6 is 0 Å². The van der Waals surface area contributed by atoms with Crippen LogP contribution in [0.15, 0.2) is 0 Å². The number of rotatable bonds is 6. The zero-order chi connectivity index (χ0) is 13.7. The van der Waals surface area contributed by atoms with E-state index in [4.69, 9.17) is 5.73 Å². The molecule has 2 N–H and O–H groups in total. The molecule has 0 aliphatic rings. The lowest BCUT2D eigenvalue weighted by Gasteiger charge is -2.26. The molecule has 0 bridgehead atoms. The van der Waals surface area contributed by atoms with E-state index in [1.54, 1.807) is 0 Å². The first-order chi connectivity index (χ1) is 8.45. The van der Waals surface area contributed by atoms with Gasteiger partial charge >= 0.3 is 0 Å². The minimum Gasteiger partial charge on any atom is -0.383 e. The van der Waals surface area contributed by atoms with Crippen LogP contribution < -0.4 is 10.6 Å². The number of aryl methyl sites for hydroxylation is 1. The molecule has 18 heavy (non-hydrogen) atoms. The van der Waals surface area contributed by atoms with Crippen molar-refractivity contribution in [3.63, 3.8) is 0 Å². The Bertz CT molecular complexity index is 389. The van der Waals surface area contributed by atoms with E-state index in [9.17, 15) is 0 Å². The summed E-state index contributed by atoms with van der Waals surface area (Å²) in [6.45, 7) is 9.00. The van der Waals surface area contributed by atoms with Crippen molar-refractivity contribution in [1.29, 1.82) is 0 Å². The van der Waals surface area contributed by atoms with Gasteiger partial charge in [0.25, 0.3) is 0 Å². The normalized spacial score (nSPS) is 11.0. The molecule has 5 heteroatoms. The molecule has 102 valence electrons. The van der Waals surface area contributed by atoms with Gasteiger partial charge in [0.05, 0.1) is 0 Å². The van der Waals surface area contributed by atoms with Gasteiger partial charge in [-0.2, -0.15) is 0 Å². The third-order valence-electron chi connectivity index (χ3n) is 2.88. The lowest BCUT2D eigenvalue weighted by atomic mass is 10.2. The summed E-state index contributed by atoms with van der Waals surface area (Å²) in [5.41, 5.74) is 6.90. The Balaban J connectivity index is 2.97. The third kappa shape index (κ3) is 3.84. The molecule has 0 fully saturated rings. The maximum Gasteiger partial charge on any atom is 0.137 e. The van der Waals surface area contributed by atoms with Crippen LogP contribution in [0.25, 0.3) is 0 Å².